The highest BCUT2D eigenvalue weighted by molar-refractivity contribution is 5.39. The molecular weight excluding hydrogens is 162 g/mol. The van der Waals surface area contributed by atoms with E-state index in [-0.39, 0.29) is 0 Å². The third kappa shape index (κ3) is 2.42. The van der Waals surface area contributed by atoms with Crippen molar-refractivity contribution >= 4 is 5.82 Å². The lowest BCUT2D eigenvalue weighted by atomic mass is 10.1. The van der Waals surface area contributed by atoms with Gasteiger partial charge in [0.25, 0.3) is 0 Å². The molecule has 0 amide bonds. The van der Waals surface area contributed by atoms with Gasteiger partial charge in [0, 0.05) is 26.3 Å². The van der Waals surface area contributed by atoms with Crippen LogP contribution in [0.15, 0.2) is 18.3 Å². The molecule has 0 fully saturated rings. The van der Waals surface area contributed by atoms with Gasteiger partial charge in [-0.2, -0.15) is 0 Å². The molecular formula is C10H17N3. The molecule has 0 aliphatic heterocycles. The van der Waals surface area contributed by atoms with Crippen LogP contribution < -0.4 is 10.2 Å². The number of hydrogen-bond donors (Lipinski definition) is 1. The molecule has 1 heterocycles. The summed E-state index contributed by atoms with van der Waals surface area (Å²) in [6.07, 6.45) is 1.85. The zero-order valence-corrected chi connectivity index (χ0v) is 8.70. The van der Waals surface area contributed by atoms with Crippen LogP contribution in [-0.2, 0) is 0 Å². The topological polar surface area (TPSA) is 28.2 Å². The predicted octanol–water partition coefficient (Wildman–Crippen LogP) is 1.43. The molecule has 1 aromatic rings. The first-order valence-corrected chi connectivity index (χ1v) is 4.45. The van der Waals surface area contributed by atoms with Crippen LogP contribution in [0.3, 0.4) is 0 Å². The van der Waals surface area contributed by atoms with Gasteiger partial charge in [0.15, 0.2) is 0 Å². The summed E-state index contributed by atoms with van der Waals surface area (Å²) in [4.78, 5) is 6.26. The molecule has 0 saturated heterocycles. The smallest absolute Gasteiger partial charge is 0.128 e. The van der Waals surface area contributed by atoms with E-state index in [1.165, 1.54) is 5.56 Å². The molecule has 3 nitrogen and oxygen atoms in total. The van der Waals surface area contributed by atoms with Crippen molar-refractivity contribution in [2.24, 2.45) is 0 Å². The fourth-order valence-corrected chi connectivity index (χ4v) is 1.11. The third-order valence-corrected chi connectivity index (χ3v) is 2.16. The second kappa shape index (κ2) is 4.23. The van der Waals surface area contributed by atoms with Crippen molar-refractivity contribution in [1.82, 2.24) is 10.3 Å². The SMILES string of the molecule is CNC(C)c1ccnc(N(C)C)c1. The Morgan fingerprint density at radius 3 is 2.69 bits per heavy atom. The van der Waals surface area contributed by atoms with Crippen molar-refractivity contribution in [3.63, 3.8) is 0 Å². The van der Waals surface area contributed by atoms with Gasteiger partial charge in [0.2, 0.25) is 0 Å². The van der Waals surface area contributed by atoms with Crippen LogP contribution in [0.1, 0.15) is 18.5 Å². The molecule has 1 aromatic heterocycles. The zero-order valence-electron chi connectivity index (χ0n) is 8.70. The first kappa shape index (κ1) is 9.99. The van der Waals surface area contributed by atoms with Gasteiger partial charge in [-0.3, -0.25) is 0 Å². The third-order valence-electron chi connectivity index (χ3n) is 2.16. The molecule has 13 heavy (non-hydrogen) atoms. The monoisotopic (exact) mass is 179 g/mol. The maximum absolute atomic E-state index is 4.25. The van der Waals surface area contributed by atoms with Crippen LogP contribution in [0.25, 0.3) is 0 Å². The van der Waals surface area contributed by atoms with Crippen LogP contribution in [0.5, 0.6) is 0 Å². The lowest BCUT2D eigenvalue weighted by Gasteiger charge is -2.15. The predicted molar refractivity (Wildman–Crippen MR) is 56.0 cm³/mol. The van der Waals surface area contributed by atoms with Gasteiger partial charge < -0.3 is 10.2 Å². The van der Waals surface area contributed by atoms with Crippen molar-refractivity contribution in [3.8, 4) is 0 Å². The summed E-state index contributed by atoms with van der Waals surface area (Å²) >= 11 is 0. The second-order valence-corrected chi connectivity index (χ2v) is 3.35. The number of nitrogens with one attached hydrogen (secondary N) is 1. The molecule has 0 aromatic carbocycles. The molecule has 0 radical (unpaired) electrons. The molecule has 0 spiro atoms. The highest BCUT2D eigenvalue weighted by atomic mass is 15.1. The maximum Gasteiger partial charge on any atom is 0.128 e. The lowest BCUT2D eigenvalue weighted by molar-refractivity contribution is 0.651. The normalized spacial score (nSPS) is 12.6. The van der Waals surface area contributed by atoms with Crippen molar-refractivity contribution in [2.45, 2.75) is 13.0 Å². The summed E-state index contributed by atoms with van der Waals surface area (Å²) in [5, 5.41) is 3.20. The molecule has 1 N–H and O–H groups in total. The Bertz CT molecular complexity index is 271. The number of pyridine rings is 1. The largest absolute Gasteiger partial charge is 0.363 e. The number of aromatic nitrogens is 1. The van der Waals surface area contributed by atoms with Gasteiger partial charge in [0.1, 0.15) is 5.82 Å². The summed E-state index contributed by atoms with van der Waals surface area (Å²) in [6, 6.07) is 4.51. The van der Waals surface area contributed by atoms with Crippen LogP contribution in [0, 0.1) is 0 Å². The average Bonchev–Trinajstić information content (AvgIpc) is 2.17. The molecule has 0 bridgehead atoms. The Balaban J connectivity index is 2.91. The minimum atomic E-state index is 0.377. The van der Waals surface area contributed by atoms with Crippen molar-refractivity contribution < 1.29 is 0 Å². The van der Waals surface area contributed by atoms with E-state index < -0.39 is 0 Å². The molecule has 72 valence electrons. The van der Waals surface area contributed by atoms with Crippen LogP contribution in [0.2, 0.25) is 0 Å². The van der Waals surface area contributed by atoms with E-state index >= 15 is 0 Å². The molecule has 0 aliphatic carbocycles. The second-order valence-electron chi connectivity index (χ2n) is 3.35. The maximum atomic E-state index is 4.25. The van der Waals surface area contributed by atoms with E-state index in [2.05, 4.69) is 23.3 Å². The van der Waals surface area contributed by atoms with Gasteiger partial charge in [-0.05, 0) is 31.7 Å². The van der Waals surface area contributed by atoms with Gasteiger partial charge in [-0.25, -0.2) is 4.98 Å². The molecule has 1 atom stereocenters. The summed E-state index contributed by atoms with van der Waals surface area (Å²) in [5.74, 6) is 1.000. The fourth-order valence-electron chi connectivity index (χ4n) is 1.11. The quantitative estimate of drug-likeness (QED) is 0.760. The Hall–Kier alpha value is -1.09. The summed E-state index contributed by atoms with van der Waals surface area (Å²) in [7, 11) is 5.95. The van der Waals surface area contributed by atoms with E-state index in [9.17, 15) is 0 Å². The Kier molecular flexibility index (Phi) is 3.25. The average molecular weight is 179 g/mol. The zero-order chi connectivity index (χ0) is 9.84. The number of anilines is 1. The first-order chi connectivity index (χ1) is 6.15. The molecule has 0 saturated carbocycles. The number of rotatable bonds is 3. The summed E-state index contributed by atoms with van der Waals surface area (Å²) in [5.41, 5.74) is 1.27. The van der Waals surface area contributed by atoms with Crippen LogP contribution in [-0.4, -0.2) is 26.1 Å². The van der Waals surface area contributed by atoms with Gasteiger partial charge in [-0.15, -0.1) is 0 Å². The van der Waals surface area contributed by atoms with Gasteiger partial charge >= 0.3 is 0 Å². The summed E-state index contributed by atoms with van der Waals surface area (Å²) in [6.45, 7) is 2.13. The fraction of sp³-hybridized carbons (Fsp3) is 0.500. The molecule has 3 heteroatoms. The van der Waals surface area contributed by atoms with Crippen molar-refractivity contribution in [1.29, 1.82) is 0 Å². The van der Waals surface area contributed by atoms with Gasteiger partial charge in [0.05, 0.1) is 0 Å². The van der Waals surface area contributed by atoms with E-state index in [0.717, 1.165) is 5.82 Å². The molecule has 1 rings (SSSR count). The number of nitrogens with zero attached hydrogens (tertiary/aromatic N) is 2. The molecule has 1 unspecified atom stereocenters. The Morgan fingerprint density at radius 2 is 2.15 bits per heavy atom. The van der Waals surface area contributed by atoms with E-state index in [1.54, 1.807) is 0 Å². The van der Waals surface area contributed by atoms with Crippen molar-refractivity contribution in [3.05, 3.63) is 23.9 Å². The Morgan fingerprint density at radius 1 is 1.46 bits per heavy atom. The first-order valence-electron chi connectivity index (χ1n) is 4.45. The van der Waals surface area contributed by atoms with E-state index in [0.29, 0.717) is 6.04 Å². The molecule has 0 aliphatic rings. The van der Waals surface area contributed by atoms with E-state index in [4.69, 9.17) is 0 Å². The summed E-state index contributed by atoms with van der Waals surface area (Å²) < 4.78 is 0. The van der Waals surface area contributed by atoms with Crippen LogP contribution >= 0.6 is 0 Å². The Labute approximate surface area is 79.8 Å². The highest BCUT2D eigenvalue weighted by Gasteiger charge is 2.04. The number of hydrogen-bond acceptors (Lipinski definition) is 3. The van der Waals surface area contributed by atoms with Crippen molar-refractivity contribution in [2.75, 3.05) is 26.0 Å². The van der Waals surface area contributed by atoms with Gasteiger partial charge in [-0.1, -0.05) is 0 Å². The lowest BCUT2D eigenvalue weighted by Crippen LogP contribution is -2.15. The highest BCUT2D eigenvalue weighted by Crippen LogP contribution is 2.15. The minimum absolute atomic E-state index is 0.377. The standard InChI is InChI=1S/C10H17N3/c1-8(11-2)9-5-6-12-10(7-9)13(3)4/h5-8,11H,1-4H3. The minimum Gasteiger partial charge on any atom is -0.363 e. The van der Waals surface area contributed by atoms with E-state index in [1.807, 2.05) is 38.3 Å². The van der Waals surface area contributed by atoms with Crippen LogP contribution in [0.4, 0.5) is 5.82 Å².